The molecule has 2 N–H and O–H groups in total. The summed E-state index contributed by atoms with van der Waals surface area (Å²) in [7, 11) is 0. The van der Waals surface area contributed by atoms with E-state index in [1.807, 2.05) is 36.5 Å². The average molecular weight is 659 g/mol. The van der Waals surface area contributed by atoms with Gasteiger partial charge in [-0.05, 0) is 44.9 Å². The van der Waals surface area contributed by atoms with Crippen LogP contribution in [0.15, 0.2) is 60.8 Å². The van der Waals surface area contributed by atoms with Crippen LogP contribution in [-0.2, 0) is 19.1 Å². The van der Waals surface area contributed by atoms with Crippen LogP contribution >= 0.6 is 0 Å². The normalized spacial score (nSPS) is 13.5. The molecule has 0 spiro atoms. The van der Waals surface area contributed by atoms with Crippen LogP contribution in [0, 0.1) is 0 Å². The second-order valence-corrected chi connectivity index (χ2v) is 12.5. The highest BCUT2D eigenvalue weighted by Gasteiger charge is 2.16. The summed E-state index contributed by atoms with van der Waals surface area (Å²) in [6.07, 6.45) is 43.1. The van der Waals surface area contributed by atoms with Crippen LogP contribution in [0.25, 0.3) is 0 Å². The number of hydrogen-bond donors (Lipinski definition) is 2. The van der Waals surface area contributed by atoms with Gasteiger partial charge in [0.05, 0.1) is 12.7 Å². The van der Waals surface area contributed by atoms with Gasteiger partial charge in [0.2, 0.25) is 0 Å². The monoisotopic (exact) mass is 659 g/mol. The van der Waals surface area contributed by atoms with Crippen molar-refractivity contribution < 1.29 is 29.3 Å². The summed E-state index contributed by atoms with van der Waals surface area (Å²) in [5.74, 6) is -0.699. The topological polar surface area (TPSA) is 93.1 Å². The Balaban J connectivity index is 3.74. The molecule has 0 radical (unpaired) electrons. The summed E-state index contributed by atoms with van der Waals surface area (Å²) in [4.78, 5) is 24.2. The standard InChI is InChI=1S/C41H70O6/c1-3-5-7-9-11-12-13-14-15-16-17-18-23-27-31-35-41(45)47-39(36-42)37-46-40(44)34-30-26-22-20-19-21-25-29-33-38(43)32-28-24-10-8-6-4-2/h6,8,20-22,24-25,28-29,33,38-39,42-43H,3-5,7,9-19,23,26-27,30-32,34-37H2,1-2H3/b8-6-,22-20-,25-21-,28-24-,33-29+/t38?,39-/m0/s1. The quantitative estimate of drug-likeness (QED) is 0.0315. The van der Waals surface area contributed by atoms with Crippen molar-refractivity contribution >= 4 is 11.9 Å². The summed E-state index contributed by atoms with van der Waals surface area (Å²) in [6, 6.07) is 0. The molecule has 0 rings (SSSR count). The third kappa shape index (κ3) is 34.7. The Kier molecular flexibility index (Phi) is 34.5. The molecule has 0 saturated carbocycles. The van der Waals surface area contributed by atoms with Gasteiger partial charge < -0.3 is 19.7 Å². The van der Waals surface area contributed by atoms with Gasteiger partial charge in [-0.3, -0.25) is 9.59 Å². The second kappa shape index (κ2) is 36.4. The molecular formula is C41H70O6. The Morgan fingerprint density at radius 1 is 0.617 bits per heavy atom. The highest BCUT2D eigenvalue weighted by atomic mass is 16.6. The first-order valence-corrected chi connectivity index (χ1v) is 19.0. The van der Waals surface area contributed by atoms with E-state index in [0.717, 1.165) is 44.9 Å². The van der Waals surface area contributed by atoms with Crippen molar-refractivity contribution in [2.75, 3.05) is 13.2 Å². The zero-order valence-electron chi connectivity index (χ0n) is 30.1. The minimum atomic E-state index is -0.811. The van der Waals surface area contributed by atoms with E-state index in [1.54, 1.807) is 6.08 Å². The van der Waals surface area contributed by atoms with Crippen molar-refractivity contribution in [2.24, 2.45) is 0 Å². The molecule has 0 fully saturated rings. The Bertz CT molecular complexity index is 856. The summed E-state index contributed by atoms with van der Waals surface area (Å²) in [6.45, 7) is 3.89. The maximum Gasteiger partial charge on any atom is 0.306 e. The molecule has 0 saturated heterocycles. The smallest absolute Gasteiger partial charge is 0.306 e. The second-order valence-electron chi connectivity index (χ2n) is 12.5. The number of aliphatic hydroxyl groups is 2. The molecule has 0 bridgehead atoms. The molecule has 2 atom stereocenters. The average Bonchev–Trinajstić information content (AvgIpc) is 3.07. The fraction of sp³-hybridized carbons (Fsp3) is 0.707. The lowest BCUT2D eigenvalue weighted by molar-refractivity contribution is -0.161. The van der Waals surface area contributed by atoms with Crippen LogP contribution in [0.3, 0.4) is 0 Å². The molecular weight excluding hydrogens is 588 g/mol. The Hall–Kier alpha value is -2.44. The number of unbranched alkanes of at least 4 members (excludes halogenated alkanes) is 15. The van der Waals surface area contributed by atoms with Crippen molar-refractivity contribution in [2.45, 2.75) is 174 Å². The summed E-state index contributed by atoms with van der Waals surface area (Å²) in [5.41, 5.74) is 0. The largest absolute Gasteiger partial charge is 0.462 e. The molecule has 270 valence electrons. The number of aliphatic hydroxyl groups excluding tert-OH is 2. The maximum atomic E-state index is 12.1. The van der Waals surface area contributed by atoms with Gasteiger partial charge in [-0.2, -0.15) is 0 Å². The molecule has 0 aromatic carbocycles. The van der Waals surface area contributed by atoms with Crippen LogP contribution in [0.2, 0.25) is 0 Å². The molecule has 0 aliphatic carbocycles. The van der Waals surface area contributed by atoms with Crippen LogP contribution in [-0.4, -0.2) is 47.6 Å². The summed E-state index contributed by atoms with van der Waals surface area (Å²) in [5, 5.41) is 19.5. The van der Waals surface area contributed by atoms with Crippen LogP contribution in [0.5, 0.6) is 0 Å². The molecule has 47 heavy (non-hydrogen) atoms. The summed E-state index contributed by atoms with van der Waals surface area (Å²) >= 11 is 0. The molecule has 0 heterocycles. The van der Waals surface area contributed by atoms with Crippen LogP contribution < -0.4 is 0 Å². The summed E-state index contributed by atoms with van der Waals surface area (Å²) < 4.78 is 10.5. The lowest BCUT2D eigenvalue weighted by Gasteiger charge is -2.15. The number of esters is 2. The van der Waals surface area contributed by atoms with Gasteiger partial charge in [0.1, 0.15) is 6.61 Å². The van der Waals surface area contributed by atoms with Gasteiger partial charge in [0.15, 0.2) is 6.10 Å². The third-order valence-electron chi connectivity index (χ3n) is 7.91. The molecule has 0 aromatic rings. The molecule has 0 aliphatic heterocycles. The van der Waals surface area contributed by atoms with Gasteiger partial charge in [-0.15, -0.1) is 0 Å². The first-order valence-electron chi connectivity index (χ1n) is 19.0. The van der Waals surface area contributed by atoms with Gasteiger partial charge >= 0.3 is 11.9 Å². The highest BCUT2D eigenvalue weighted by Crippen LogP contribution is 2.14. The first-order chi connectivity index (χ1) is 23.0. The van der Waals surface area contributed by atoms with E-state index >= 15 is 0 Å². The fourth-order valence-electron chi connectivity index (χ4n) is 5.03. The van der Waals surface area contributed by atoms with Crippen molar-refractivity contribution in [1.82, 2.24) is 0 Å². The third-order valence-corrected chi connectivity index (χ3v) is 7.91. The zero-order chi connectivity index (χ0) is 34.5. The van der Waals surface area contributed by atoms with Gasteiger partial charge in [-0.25, -0.2) is 0 Å². The fourth-order valence-corrected chi connectivity index (χ4v) is 5.03. The molecule has 0 amide bonds. The lowest BCUT2D eigenvalue weighted by atomic mass is 10.0. The predicted octanol–water partition coefficient (Wildman–Crippen LogP) is 10.6. The van der Waals surface area contributed by atoms with Crippen LogP contribution in [0.1, 0.15) is 162 Å². The first kappa shape index (κ1) is 44.6. The number of carbonyl (C=O) groups excluding carboxylic acids is 2. The lowest BCUT2D eigenvalue weighted by Crippen LogP contribution is -2.28. The number of allylic oxidation sites excluding steroid dienone is 8. The van der Waals surface area contributed by atoms with Crippen molar-refractivity contribution in [3.05, 3.63) is 60.8 Å². The molecule has 1 unspecified atom stereocenters. The Labute approximate surface area is 288 Å². The van der Waals surface area contributed by atoms with E-state index < -0.39 is 12.2 Å². The molecule has 6 heteroatoms. The van der Waals surface area contributed by atoms with Crippen molar-refractivity contribution in [1.29, 1.82) is 0 Å². The molecule has 6 nitrogen and oxygen atoms in total. The molecule has 0 aliphatic rings. The van der Waals surface area contributed by atoms with E-state index in [1.165, 1.54) is 77.0 Å². The number of ether oxygens (including phenoxy) is 2. The SMILES string of the molecule is CC/C=C\C/C=C\CC(O)/C=C/C=C\C/C=C\CCCC(=O)OC[C@H](CO)OC(=O)CCCCCCCCCCCCCCCCC. The van der Waals surface area contributed by atoms with Crippen molar-refractivity contribution in [3.63, 3.8) is 0 Å². The predicted molar refractivity (Wildman–Crippen MR) is 197 cm³/mol. The van der Waals surface area contributed by atoms with E-state index in [-0.39, 0.29) is 31.6 Å². The Morgan fingerprint density at radius 2 is 1.17 bits per heavy atom. The van der Waals surface area contributed by atoms with Crippen LogP contribution in [0.4, 0.5) is 0 Å². The number of rotatable bonds is 33. The zero-order valence-corrected chi connectivity index (χ0v) is 30.1. The van der Waals surface area contributed by atoms with Gasteiger partial charge in [0, 0.05) is 12.8 Å². The van der Waals surface area contributed by atoms with Gasteiger partial charge in [-0.1, -0.05) is 164 Å². The minimum Gasteiger partial charge on any atom is -0.462 e. The maximum absolute atomic E-state index is 12.1. The Morgan fingerprint density at radius 3 is 1.79 bits per heavy atom. The molecule has 0 aromatic heterocycles. The number of hydrogen-bond acceptors (Lipinski definition) is 6. The minimum absolute atomic E-state index is 0.116. The number of carbonyl (C=O) groups is 2. The highest BCUT2D eigenvalue weighted by molar-refractivity contribution is 5.70. The van der Waals surface area contributed by atoms with E-state index in [0.29, 0.717) is 19.3 Å². The van der Waals surface area contributed by atoms with E-state index in [4.69, 9.17) is 9.47 Å². The van der Waals surface area contributed by atoms with E-state index in [2.05, 4.69) is 32.1 Å². The van der Waals surface area contributed by atoms with Crippen molar-refractivity contribution in [3.8, 4) is 0 Å². The van der Waals surface area contributed by atoms with E-state index in [9.17, 15) is 19.8 Å². The van der Waals surface area contributed by atoms with Gasteiger partial charge in [0.25, 0.3) is 0 Å².